The van der Waals surface area contributed by atoms with Crippen LogP contribution in [-0.2, 0) is 0 Å². The molecule has 2 aromatic rings. The standard InChI is InChI=1S/C18H17N5O3/c1-12-8-14(10-19)21-18(20-12)23-6-4-22(5-7-23)17(24)13-2-3-15-16(9-13)26-11-25-15/h2-3,8-9H,4-7,11H2,1H3. The van der Waals surface area contributed by atoms with Crippen LogP contribution in [0.15, 0.2) is 24.3 Å². The molecule has 1 saturated heterocycles. The number of carbonyl (C=O) groups excluding carboxylic acids is 1. The molecule has 26 heavy (non-hydrogen) atoms. The average molecular weight is 351 g/mol. The number of carbonyl (C=O) groups is 1. The quantitative estimate of drug-likeness (QED) is 0.806. The summed E-state index contributed by atoms with van der Waals surface area (Å²) in [4.78, 5) is 25.2. The summed E-state index contributed by atoms with van der Waals surface area (Å²) in [6.45, 7) is 4.38. The van der Waals surface area contributed by atoms with E-state index in [1.807, 2.05) is 11.8 Å². The fourth-order valence-corrected chi connectivity index (χ4v) is 3.07. The molecule has 2 aliphatic heterocycles. The van der Waals surface area contributed by atoms with Gasteiger partial charge in [-0.2, -0.15) is 5.26 Å². The second-order valence-corrected chi connectivity index (χ2v) is 6.15. The molecule has 8 heteroatoms. The number of nitrogens with zero attached hydrogens (tertiary/aromatic N) is 5. The lowest BCUT2D eigenvalue weighted by Gasteiger charge is -2.34. The molecule has 1 fully saturated rings. The van der Waals surface area contributed by atoms with Crippen LogP contribution in [0.5, 0.6) is 11.5 Å². The monoisotopic (exact) mass is 351 g/mol. The lowest BCUT2D eigenvalue weighted by atomic mass is 10.1. The first-order valence-electron chi connectivity index (χ1n) is 8.34. The number of aromatic nitrogens is 2. The van der Waals surface area contributed by atoms with E-state index < -0.39 is 0 Å². The molecule has 2 aliphatic rings. The van der Waals surface area contributed by atoms with Crippen molar-refractivity contribution in [1.29, 1.82) is 5.26 Å². The Kier molecular flexibility index (Phi) is 4.05. The Balaban J connectivity index is 1.44. The van der Waals surface area contributed by atoms with Crippen molar-refractivity contribution >= 4 is 11.9 Å². The molecule has 1 aromatic heterocycles. The van der Waals surface area contributed by atoms with Gasteiger partial charge < -0.3 is 19.3 Å². The number of ether oxygens (including phenoxy) is 2. The Morgan fingerprint density at radius 2 is 1.88 bits per heavy atom. The van der Waals surface area contributed by atoms with E-state index >= 15 is 0 Å². The van der Waals surface area contributed by atoms with E-state index in [9.17, 15) is 4.79 Å². The number of hydrogen-bond acceptors (Lipinski definition) is 7. The number of amides is 1. The van der Waals surface area contributed by atoms with Gasteiger partial charge in [0.1, 0.15) is 11.8 Å². The highest BCUT2D eigenvalue weighted by molar-refractivity contribution is 5.95. The summed E-state index contributed by atoms with van der Waals surface area (Å²) in [5.41, 5.74) is 1.69. The van der Waals surface area contributed by atoms with Gasteiger partial charge in [0.2, 0.25) is 12.7 Å². The van der Waals surface area contributed by atoms with Gasteiger partial charge >= 0.3 is 0 Å². The van der Waals surface area contributed by atoms with Gasteiger partial charge in [-0.15, -0.1) is 0 Å². The summed E-state index contributed by atoms with van der Waals surface area (Å²) in [6, 6.07) is 8.94. The third kappa shape index (κ3) is 2.99. The van der Waals surface area contributed by atoms with Gasteiger partial charge in [-0.25, -0.2) is 9.97 Å². The van der Waals surface area contributed by atoms with Crippen molar-refractivity contribution < 1.29 is 14.3 Å². The highest BCUT2D eigenvalue weighted by atomic mass is 16.7. The number of nitriles is 1. The fraction of sp³-hybridized carbons (Fsp3) is 0.333. The van der Waals surface area contributed by atoms with Crippen molar-refractivity contribution in [3.05, 3.63) is 41.2 Å². The van der Waals surface area contributed by atoms with Crippen LogP contribution in [0, 0.1) is 18.3 Å². The molecule has 3 heterocycles. The minimum Gasteiger partial charge on any atom is -0.454 e. The third-order valence-corrected chi connectivity index (χ3v) is 4.43. The maximum absolute atomic E-state index is 12.7. The zero-order chi connectivity index (χ0) is 18.1. The number of fused-ring (bicyclic) bond motifs is 1. The summed E-state index contributed by atoms with van der Waals surface area (Å²) in [5, 5.41) is 9.06. The lowest BCUT2D eigenvalue weighted by molar-refractivity contribution is 0.0745. The summed E-state index contributed by atoms with van der Waals surface area (Å²) >= 11 is 0. The van der Waals surface area contributed by atoms with Crippen molar-refractivity contribution in [3.8, 4) is 17.6 Å². The normalized spacial score (nSPS) is 15.7. The summed E-state index contributed by atoms with van der Waals surface area (Å²) in [6.07, 6.45) is 0. The predicted molar refractivity (Wildman–Crippen MR) is 92.2 cm³/mol. The zero-order valence-corrected chi connectivity index (χ0v) is 14.3. The Labute approximate surface area is 150 Å². The van der Waals surface area contributed by atoms with E-state index in [-0.39, 0.29) is 12.7 Å². The van der Waals surface area contributed by atoms with Crippen molar-refractivity contribution in [1.82, 2.24) is 14.9 Å². The van der Waals surface area contributed by atoms with Gasteiger partial charge in [-0.05, 0) is 31.2 Å². The Morgan fingerprint density at radius 1 is 1.12 bits per heavy atom. The van der Waals surface area contributed by atoms with Crippen LogP contribution >= 0.6 is 0 Å². The fourth-order valence-electron chi connectivity index (χ4n) is 3.07. The largest absolute Gasteiger partial charge is 0.454 e. The Morgan fingerprint density at radius 3 is 2.65 bits per heavy atom. The van der Waals surface area contributed by atoms with Crippen molar-refractivity contribution in [2.24, 2.45) is 0 Å². The van der Waals surface area contributed by atoms with E-state index in [1.54, 1.807) is 29.2 Å². The first-order chi connectivity index (χ1) is 12.6. The number of rotatable bonds is 2. The van der Waals surface area contributed by atoms with Crippen LogP contribution < -0.4 is 14.4 Å². The van der Waals surface area contributed by atoms with Crippen molar-refractivity contribution in [3.63, 3.8) is 0 Å². The van der Waals surface area contributed by atoms with Crippen LogP contribution in [0.2, 0.25) is 0 Å². The summed E-state index contributed by atoms with van der Waals surface area (Å²) in [5.74, 6) is 1.77. The average Bonchev–Trinajstić information content (AvgIpc) is 3.14. The number of piperazine rings is 1. The second-order valence-electron chi connectivity index (χ2n) is 6.15. The molecule has 0 unspecified atom stereocenters. The number of anilines is 1. The molecule has 1 amide bonds. The van der Waals surface area contributed by atoms with Crippen molar-refractivity contribution in [2.45, 2.75) is 6.92 Å². The van der Waals surface area contributed by atoms with Crippen LogP contribution in [0.25, 0.3) is 0 Å². The maximum Gasteiger partial charge on any atom is 0.254 e. The van der Waals surface area contributed by atoms with E-state index in [0.717, 1.165) is 5.69 Å². The van der Waals surface area contributed by atoms with Gasteiger partial charge in [0.15, 0.2) is 11.5 Å². The molecule has 1 aromatic carbocycles. The van der Waals surface area contributed by atoms with Gasteiger partial charge in [0, 0.05) is 37.4 Å². The zero-order valence-electron chi connectivity index (χ0n) is 14.3. The number of aryl methyl sites for hydroxylation is 1. The summed E-state index contributed by atoms with van der Waals surface area (Å²) < 4.78 is 10.6. The molecule has 0 saturated carbocycles. The van der Waals surface area contributed by atoms with E-state index in [2.05, 4.69) is 16.0 Å². The van der Waals surface area contributed by atoms with Gasteiger partial charge in [0.25, 0.3) is 5.91 Å². The minimum absolute atomic E-state index is 0.0363. The summed E-state index contributed by atoms with van der Waals surface area (Å²) in [7, 11) is 0. The van der Waals surface area contributed by atoms with Crippen LogP contribution in [-0.4, -0.2) is 53.7 Å². The molecule has 0 bridgehead atoms. The number of hydrogen-bond donors (Lipinski definition) is 0. The maximum atomic E-state index is 12.7. The van der Waals surface area contributed by atoms with Gasteiger partial charge in [-0.3, -0.25) is 4.79 Å². The molecule has 0 N–H and O–H groups in total. The molecule has 4 rings (SSSR count). The van der Waals surface area contributed by atoms with Crippen LogP contribution in [0.4, 0.5) is 5.95 Å². The van der Waals surface area contributed by atoms with Crippen molar-refractivity contribution in [2.75, 3.05) is 37.9 Å². The second kappa shape index (κ2) is 6.52. The molecule has 8 nitrogen and oxygen atoms in total. The third-order valence-electron chi connectivity index (χ3n) is 4.43. The lowest BCUT2D eigenvalue weighted by Crippen LogP contribution is -2.49. The minimum atomic E-state index is -0.0363. The first kappa shape index (κ1) is 16.1. The molecule has 132 valence electrons. The van der Waals surface area contributed by atoms with Gasteiger partial charge in [-0.1, -0.05) is 0 Å². The molecule has 0 atom stereocenters. The van der Waals surface area contributed by atoms with Crippen LogP contribution in [0.3, 0.4) is 0 Å². The van der Waals surface area contributed by atoms with E-state index in [0.29, 0.717) is 54.9 Å². The highest BCUT2D eigenvalue weighted by Crippen LogP contribution is 2.32. The topological polar surface area (TPSA) is 91.6 Å². The Bertz CT molecular complexity index is 900. The molecule has 0 spiro atoms. The first-order valence-corrected chi connectivity index (χ1v) is 8.34. The SMILES string of the molecule is Cc1cc(C#N)nc(N2CCN(C(=O)c3ccc4c(c3)OCO4)CC2)n1. The number of benzene rings is 1. The molecule has 0 radical (unpaired) electrons. The smallest absolute Gasteiger partial charge is 0.254 e. The van der Waals surface area contributed by atoms with E-state index in [1.165, 1.54) is 0 Å². The van der Waals surface area contributed by atoms with Gasteiger partial charge in [0.05, 0.1) is 0 Å². The molecular weight excluding hydrogens is 334 g/mol. The predicted octanol–water partition coefficient (Wildman–Crippen LogP) is 1.35. The molecular formula is C18H17N5O3. The van der Waals surface area contributed by atoms with Crippen LogP contribution in [0.1, 0.15) is 21.7 Å². The molecule has 0 aliphatic carbocycles. The highest BCUT2D eigenvalue weighted by Gasteiger charge is 2.25. The van der Waals surface area contributed by atoms with E-state index in [4.69, 9.17) is 14.7 Å². The Hall–Kier alpha value is -3.34.